The second-order valence-electron chi connectivity index (χ2n) is 5.45. The second-order valence-corrected chi connectivity index (χ2v) is 7.88. The number of rotatable bonds is 5. The van der Waals surface area contributed by atoms with E-state index in [0.29, 0.717) is 11.6 Å². The van der Waals surface area contributed by atoms with Crippen LogP contribution in [-0.4, -0.2) is 32.2 Å². The van der Waals surface area contributed by atoms with Crippen molar-refractivity contribution in [2.75, 3.05) is 12.3 Å². The van der Waals surface area contributed by atoms with Crippen LogP contribution < -0.4 is 11.1 Å². The number of amides is 1. The van der Waals surface area contributed by atoms with Crippen molar-refractivity contribution in [3.63, 3.8) is 0 Å². The molecule has 1 aliphatic carbocycles. The first kappa shape index (κ1) is 19.2. The Morgan fingerprint density at radius 3 is 2.27 bits per heavy atom. The van der Waals surface area contributed by atoms with Crippen LogP contribution in [0.3, 0.4) is 0 Å². The highest BCUT2D eigenvalue weighted by Gasteiger charge is 2.34. The van der Waals surface area contributed by atoms with Gasteiger partial charge in [0.1, 0.15) is 5.75 Å². The summed E-state index contributed by atoms with van der Waals surface area (Å²) >= 11 is 5.73. The molecular weight excluding hydrogens is 347 g/mol. The smallest absolute Gasteiger partial charge is 0.236 e. The summed E-state index contributed by atoms with van der Waals surface area (Å²) in [6.07, 6.45) is 3.61. The summed E-state index contributed by atoms with van der Waals surface area (Å²) in [6, 6.07) is 5.79. The molecule has 0 atom stereocenters. The first-order valence-electron chi connectivity index (χ1n) is 6.86. The zero-order valence-electron chi connectivity index (χ0n) is 12.0. The van der Waals surface area contributed by atoms with Gasteiger partial charge in [0, 0.05) is 11.6 Å². The van der Waals surface area contributed by atoms with Crippen molar-refractivity contribution in [1.29, 1.82) is 0 Å². The number of carbonyl (C=O) groups is 1. The van der Waals surface area contributed by atoms with E-state index in [9.17, 15) is 13.2 Å². The number of nitrogens with one attached hydrogen (secondary N) is 1. The summed E-state index contributed by atoms with van der Waals surface area (Å²) in [4.78, 5) is 12.1. The minimum Gasteiger partial charge on any atom is -0.349 e. The zero-order valence-corrected chi connectivity index (χ0v) is 14.4. The fourth-order valence-corrected chi connectivity index (χ4v) is 3.92. The number of hydrogen-bond donors (Lipinski definition) is 2. The lowest BCUT2D eigenvalue weighted by Gasteiger charge is -2.28. The predicted octanol–water partition coefficient (Wildman–Crippen LogP) is 1.92. The van der Waals surface area contributed by atoms with Crippen LogP contribution in [0.15, 0.2) is 29.2 Å². The maximum absolute atomic E-state index is 12.2. The lowest BCUT2D eigenvalue weighted by atomic mass is 9.98. The number of carbonyl (C=O) groups excluding carboxylic acids is 1. The standard InChI is InChI=1S/C14H19ClN2O3S.ClH/c15-11-3-5-12(6-4-11)21(19,20)9-13(18)17-14(10-16)7-1-2-8-14;/h3-6H,1-2,7-10,16H2,(H,17,18);1H. The molecule has 1 saturated carbocycles. The minimum absolute atomic E-state index is 0. The lowest BCUT2D eigenvalue weighted by Crippen LogP contribution is -2.53. The highest BCUT2D eigenvalue weighted by molar-refractivity contribution is 7.92. The van der Waals surface area contributed by atoms with E-state index in [2.05, 4.69) is 5.32 Å². The molecule has 8 heteroatoms. The molecule has 0 spiro atoms. The maximum Gasteiger partial charge on any atom is 0.236 e. The molecule has 0 aromatic heterocycles. The third-order valence-corrected chi connectivity index (χ3v) is 5.73. The van der Waals surface area contributed by atoms with E-state index >= 15 is 0 Å². The van der Waals surface area contributed by atoms with Gasteiger partial charge in [-0.25, -0.2) is 8.42 Å². The van der Waals surface area contributed by atoms with Crippen molar-refractivity contribution < 1.29 is 13.2 Å². The molecule has 0 aliphatic heterocycles. The fraction of sp³-hybridized carbons (Fsp3) is 0.500. The first-order valence-corrected chi connectivity index (χ1v) is 8.89. The first-order chi connectivity index (χ1) is 9.87. The molecule has 0 saturated heterocycles. The van der Waals surface area contributed by atoms with Gasteiger partial charge in [-0.1, -0.05) is 24.4 Å². The van der Waals surface area contributed by atoms with Gasteiger partial charge in [-0.05, 0) is 37.1 Å². The van der Waals surface area contributed by atoms with Crippen molar-refractivity contribution in [3.05, 3.63) is 29.3 Å². The zero-order chi connectivity index (χ0) is 15.5. The number of halogens is 2. The van der Waals surface area contributed by atoms with Crippen LogP contribution >= 0.6 is 24.0 Å². The van der Waals surface area contributed by atoms with Gasteiger partial charge >= 0.3 is 0 Å². The van der Waals surface area contributed by atoms with E-state index in [1.807, 2.05) is 0 Å². The van der Waals surface area contributed by atoms with Crippen molar-refractivity contribution in [3.8, 4) is 0 Å². The molecule has 22 heavy (non-hydrogen) atoms. The summed E-state index contributed by atoms with van der Waals surface area (Å²) in [5, 5.41) is 3.26. The summed E-state index contributed by atoms with van der Waals surface area (Å²) in [6.45, 7) is 0.333. The van der Waals surface area contributed by atoms with Crippen LogP contribution in [0.2, 0.25) is 5.02 Å². The van der Waals surface area contributed by atoms with Gasteiger partial charge in [0.25, 0.3) is 0 Å². The SMILES string of the molecule is Cl.NCC1(NC(=O)CS(=O)(=O)c2ccc(Cl)cc2)CCCC1. The molecule has 0 heterocycles. The van der Waals surface area contributed by atoms with Crippen LogP contribution in [0, 0.1) is 0 Å². The second kappa shape index (κ2) is 7.64. The van der Waals surface area contributed by atoms with Crippen LogP contribution in [-0.2, 0) is 14.6 Å². The van der Waals surface area contributed by atoms with Gasteiger partial charge in [-0.15, -0.1) is 12.4 Å². The third-order valence-electron chi connectivity index (χ3n) is 3.85. The number of sulfone groups is 1. The molecule has 124 valence electrons. The van der Waals surface area contributed by atoms with Crippen LogP contribution in [0.1, 0.15) is 25.7 Å². The Hall–Kier alpha value is -0.820. The van der Waals surface area contributed by atoms with Gasteiger partial charge in [0.05, 0.1) is 10.4 Å². The normalized spacial score (nSPS) is 16.8. The molecule has 0 unspecified atom stereocenters. The topological polar surface area (TPSA) is 89.3 Å². The molecule has 1 aromatic rings. The molecular formula is C14H20Cl2N2O3S. The largest absolute Gasteiger partial charge is 0.349 e. The summed E-state index contributed by atoms with van der Waals surface area (Å²) < 4.78 is 24.4. The molecule has 1 aliphatic rings. The molecule has 1 fully saturated rings. The molecule has 3 N–H and O–H groups in total. The average molecular weight is 367 g/mol. The van der Waals surface area contributed by atoms with Gasteiger partial charge in [0.15, 0.2) is 9.84 Å². The molecule has 0 radical (unpaired) electrons. The summed E-state index contributed by atoms with van der Waals surface area (Å²) in [5.74, 6) is -1.08. The highest BCUT2D eigenvalue weighted by atomic mass is 35.5. The van der Waals surface area contributed by atoms with E-state index in [1.54, 1.807) is 0 Å². The van der Waals surface area contributed by atoms with Crippen molar-refractivity contribution in [1.82, 2.24) is 5.32 Å². The Morgan fingerprint density at radius 1 is 1.23 bits per heavy atom. The Labute approximate surface area is 141 Å². The van der Waals surface area contributed by atoms with Crippen LogP contribution in [0.4, 0.5) is 0 Å². The Balaban J connectivity index is 0.00000242. The fourth-order valence-electron chi connectivity index (χ4n) is 2.66. The average Bonchev–Trinajstić information content (AvgIpc) is 2.87. The van der Waals surface area contributed by atoms with Crippen LogP contribution in [0.5, 0.6) is 0 Å². The van der Waals surface area contributed by atoms with E-state index in [-0.39, 0.29) is 17.3 Å². The van der Waals surface area contributed by atoms with Crippen molar-refractivity contribution >= 4 is 39.8 Å². The lowest BCUT2D eigenvalue weighted by molar-refractivity contribution is -0.120. The molecule has 5 nitrogen and oxygen atoms in total. The van der Waals surface area contributed by atoms with Crippen molar-refractivity contribution in [2.24, 2.45) is 5.73 Å². The molecule has 1 amide bonds. The number of nitrogens with two attached hydrogens (primary N) is 1. The molecule has 1 aromatic carbocycles. The van der Waals surface area contributed by atoms with Crippen molar-refractivity contribution in [2.45, 2.75) is 36.1 Å². The van der Waals surface area contributed by atoms with E-state index in [4.69, 9.17) is 17.3 Å². The molecule has 0 bridgehead atoms. The van der Waals surface area contributed by atoms with E-state index < -0.39 is 27.0 Å². The van der Waals surface area contributed by atoms with Gasteiger partial charge in [-0.3, -0.25) is 4.79 Å². The quantitative estimate of drug-likeness (QED) is 0.832. The summed E-state index contributed by atoms with van der Waals surface area (Å²) in [7, 11) is -3.66. The number of benzene rings is 1. The highest BCUT2D eigenvalue weighted by Crippen LogP contribution is 2.28. The van der Waals surface area contributed by atoms with E-state index in [0.717, 1.165) is 25.7 Å². The Morgan fingerprint density at radius 2 is 1.77 bits per heavy atom. The van der Waals surface area contributed by atoms with Gasteiger partial charge in [0.2, 0.25) is 5.91 Å². The Kier molecular flexibility index (Phi) is 6.67. The van der Waals surface area contributed by atoms with Crippen LogP contribution in [0.25, 0.3) is 0 Å². The number of hydrogen-bond acceptors (Lipinski definition) is 4. The minimum atomic E-state index is -3.66. The Bertz CT molecular complexity index is 611. The van der Waals surface area contributed by atoms with E-state index in [1.165, 1.54) is 24.3 Å². The maximum atomic E-state index is 12.2. The van der Waals surface area contributed by atoms with Gasteiger partial charge < -0.3 is 11.1 Å². The monoisotopic (exact) mass is 366 g/mol. The third kappa shape index (κ3) is 4.59. The van der Waals surface area contributed by atoms with Gasteiger partial charge in [-0.2, -0.15) is 0 Å². The predicted molar refractivity (Wildman–Crippen MR) is 89.1 cm³/mol. The summed E-state index contributed by atoms with van der Waals surface area (Å²) in [5.41, 5.74) is 5.29. The molecule has 2 rings (SSSR count).